The molecule has 0 bridgehead atoms. The lowest BCUT2D eigenvalue weighted by molar-refractivity contribution is 0.426. The van der Waals surface area contributed by atoms with Crippen molar-refractivity contribution in [2.24, 2.45) is 0 Å². The molecule has 86 valence electrons. The van der Waals surface area contributed by atoms with E-state index in [1.54, 1.807) is 12.1 Å². The van der Waals surface area contributed by atoms with Crippen molar-refractivity contribution in [3.05, 3.63) is 24.3 Å². The molecule has 0 radical (unpaired) electrons. The number of nitrogens with zero attached hydrogens (tertiary/aromatic N) is 1. The minimum absolute atomic E-state index is 0.121. The highest BCUT2D eigenvalue weighted by atomic mass is 32.2. The molecule has 1 unspecified atom stereocenters. The van der Waals surface area contributed by atoms with Crippen LogP contribution in [-0.4, -0.2) is 32.0 Å². The van der Waals surface area contributed by atoms with Gasteiger partial charge in [0, 0.05) is 6.04 Å². The Morgan fingerprint density at radius 2 is 1.81 bits per heavy atom. The highest BCUT2D eigenvalue weighted by Crippen LogP contribution is 2.32. The second-order valence-corrected chi connectivity index (χ2v) is 4.61. The number of benzene rings is 1. The van der Waals surface area contributed by atoms with E-state index < -0.39 is 18.4 Å². The van der Waals surface area contributed by atoms with Gasteiger partial charge in [-0.3, -0.25) is 8.86 Å². The van der Waals surface area contributed by atoms with Crippen molar-refractivity contribution in [3.63, 3.8) is 0 Å². The number of rotatable bonds is 4. The number of hydrogen-bond acceptors (Lipinski definition) is 3. The maximum Gasteiger partial charge on any atom is 0.488 e. The first kappa shape index (κ1) is 11.6. The molecule has 1 aliphatic carbocycles. The van der Waals surface area contributed by atoms with Gasteiger partial charge in [-0.25, -0.2) is 4.21 Å². The third-order valence-corrected chi connectivity index (χ3v) is 3.34. The Morgan fingerprint density at radius 3 is 2.19 bits per heavy atom. The van der Waals surface area contributed by atoms with Crippen LogP contribution in [0.3, 0.4) is 0 Å². The van der Waals surface area contributed by atoms with Gasteiger partial charge in [-0.2, -0.15) is 0 Å². The van der Waals surface area contributed by atoms with Crippen LogP contribution >= 0.6 is 0 Å². The summed E-state index contributed by atoms with van der Waals surface area (Å²) in [6.07, 6.45) is 1.83. The van der Waals surface area contributed by atoms with Crippen molar-refractivity contribution in [2.75, 3.05) is 4.31 Å². The van der Waals surface area contributed by atoms with E-state index in [0.717, 1.165) is 12.8 Å². The highest BCUT2D eigenvalue weighted by Gasteiger charge is 2.32. The Bertz CT molecular complexity index is 393. The molecular formula is C9H12BNO4S. The molecule has 7 heteroatoms. The Labute approximate surface area is 96.3 Å². The fraction of sp³-hybridized carbons (Fsp3) is 0.333. The van der Waals surface area contributed by atoms with Gasteiger partial charge >= 0.3 is 7.12 Å². The molecule has 1 aliphatic rings. The minimum Gasteiger partial charge on any atom is -0.423 e. The summed E-state index contributed by atoms with van der Waals surface area (Å²) in [5.41, 5.74) is 0.982. The standard InChI is InChI=1S/C9H12BNO4S/c12-10(13)7-1-3-8(4-2-7)11(16(14)15)9-5-6-9/h1-4,9,12-13H,5-6H2,(H,14,15). The van der Waals surface area contributed by atoms with E-state index in [1.807, 2.05) is 0 Å². The van der Waals surface area contributed by atoms with E-state index in [0.29, 0.717) is 11.2 Å². The summed E-state index contributed by atoms with van der Waals surface area (Å²) in [4.78, 5) is 0. The molecule has 1 atom stereocenters. The fourth-order valence-corrected chi connectivity index (χ4v) is 2.30. The Morgan fingerprint density at radius 1 is 1.25 bits per heavy atom. The molecular weight excluding hydrogens is 229 g/mol. The summed E-state index contributed by atoms with van der Waals surface area (Å²) in [5.74, 6) is 0. The molecule has 1 aromatic carbocycles. The van der Waals surface area contributed by atoms with Crippen molar-refractivity contribution < 1.29 is 18.8 Å². The molecule has 0 aliphatic heterocycles. The zero-order valence-electron chi connectivity index (χ0n) is 8.48. The van der Waals surface area contributed by atoms with E-state index in [2.05, 4.69) is 0 Å². The maximum absolute atomic E-state index is 11.1. The molecule has 0 spiro atoms. The average molecular weight is 241 g/mol. The van der Waals surface area contributed by atoms with Crippen molar-refractivity contribution in [3.8, 4) is 0 Å². The largest absolute Gasteiger partial charge is 0.488 e. The summed E-state index contributed by atoms with van der Waals surface area (Å²) in [6, 6.07) is 6.41. The highest BCUT2D eigenvalue weighted by molar-refractivity contribution is 7.80. The molecule has 0 saturated heterocycles. The van der Waals surface area contributed by atoms with Crippen molar-refractivity contribution in [1.29, 1.82) is 0 Å². The number of anilines is 1. The normalized spacial score (nSPS) is 16.9. The molecule has 16 heavy (non-hydrogen) atoms. The Balaban J connectivity index is 2.22. The van der Waals surface area contributed by atoms with E-state index >= 15 is 0 Å². The van der Waals surface area contributed by atoms with Gasteiger partial charge in [0.05, 0.1) is 5.69 Å². The zero-order chi connectivity index (χ0) is 11.7. The molecule has 1 saturated carbocycles. The van der Waals surface area contributed by atoms with Gasteiger partial charge in [0.1, 0.15) is 0 Å². The van der Waals surface area contributed by atoms with Crippen LogP contribution in [0.1, 0.15) is 12.8 Å². The second kappa shape index (κ2) is 4.54. The first-order valence-electron chi connectivity index (χ1n) is 4.96. The minimum atomic E-state index is -2.03. The van der Waals surface area contributed by atoms with Crippen LogP contribution in [0.25, 0.3) is 0 Å². The molecule has 1 aromatic rings. The Hall–Kier alpha value is -0.885. The van der Waals surface area contributed by atoms with Crippen molar-refractivity contribution >= 4 is 29.5 Å². The quantitative estimate of drug-likeness (QED) is 0.489. The van der Waals surface area contributed by atoms with Crippen LogP contribution in [0.5, 0.6) is 0 Å². The van der Waals surface area contributed by atoms with E-state index in [9.17, 15) is 4.21 Å². The van der Waals surface area contributed by atoms with Gasteiger partial charge < -0.3 is 10.0 Å². The van der Waals surface area contributed by atoms with Crippen LogP contribution in [0.4, 0.5) is 5.69 Å². The third-order valence-electron chi connectivity index (χ3n) is 2.49. The van der Waals surface area contributed by atoms with E-state index in [4.69, 9.17) is 14.6 Å². The first-order chi connectivity index (χ1) is 7.59. The molecule has 0 amide bonds. The van der Waals surface area contributed by atoms with Crippen LogP contribution < -0.4 is 9.77 Å². The van der Waals surface area contributed by atoms with Crippen LogP contribution in [0.2, 0.25) is 0 Å². The SMILES string of the molecule is O=S(O)N(c1ccc(B(O)O)cc1)C1CC1. The van der Waals surface area contributed by atoms with E-state index in [1.165, 1.54) is 16.4 Å². The topological polar surface area (TPSA) is 81.0 Å². The molecule has 2 rings (SSSR count). The lowest BCUT2D eigenvalue weighted by Crippen LogP contribution is -2.31. The Kier molecular flexibility index (Phi) is 3.29. The molecule has 1 fully saturated rings. The first-order valence-corrected chi connectivity index (χ1v) is 6.02. The predicted octanol–water partition coefficient (Wildman–Crippen LogP) is -0.528. The second-order valence-electron chi connectivity index (χ2n) is 3.75. The van der Waals surface area contributed by atoms with Gasteiger partial charge in [-0.05, 0) is 30.4 Å². The van der Waals surface area contributed by atoms with Gasteiger partial charge in [0.25, 0.3) is 11.3 Å². The van der Waals surface area contributed by atoms with Crippen LogP contribution in [0, 0.1) is 0 Å². The summed E-state index contributed by atoms with van der Waals surface area (Å²) in [7, 11) is -1.51. The summed E-state index contributed by atoms with van der Waals surface area (Å²) in [6.45, 7) is 0. The smallest absolute Gasteiger partial charge is 0.423 e. The van der Waals surface area contributed by atoms with Gasteiger partial charge in [-0.15, -0.1) is 0 Å². The summed E-state index contributed by atoms with van der Waals surface area (Å²) in [5, 5.41) is 17.8. The van der Waals surface area contributed by atoms with Gasteiger partial charge in [-0.1, -0.05) is 12.1 Å². The van der Waals surface area contributed by atoms with Gasteiger partial charge in [0.15, 0.2) is 0 Å². The third kappa shape index (κ3) is 2.44. The maximum atomic E-state index is 11.1. The monoisotopic (exact) mass is 241 g/mol. The predicted molar refractivity (Wildman–Crippen MR) is 62.5 cm³/mol. The molecule has 0 aromatic heterocycles. The summed E-state index contributed by atoms with van der Waals surface area (Å²) >= 11 is -2.03. The fourth-order valence-electron chi connectivity index (χ4n) is 1.53. The van der Waals surface area contributed by atoms with E-state index in [-0.39, 0.29) is 6.04 Å². The van der Waals surface area contributed by atoms with Crippen molar-refractivity contribution in [2.45, 2.75) is 18.9 Å². The molecule has 0 heterocycles. The van der Waals surface area contributed by atoms with Crippen molar-refractivity contribution in [1.82, 2.24) is 0 Å². The average Bonchev–Trinajstić information content (AvgIpc) is 3.02. The van der Waals surface area contributed by atoms with Crippen LogP contribution in [-0.2, 0) is 11.3 Å². The molecule has 3 N–H and O–H groups in total. The van der Waals surface area contributed by atoms with Gasteiger partial charge in [0.2, 0.25) is 0 Å². The van der Waals surface area contributed by atoms with Crippen LogP contribution in [0.15, 0.2) is 24.3 Å². The lowest BCUT2D eigenvalue weighted by Gasteiger charge is -2.19. The number of hydrogen-bond donors (Lipinski definition) is 3. The zero-order valence-corrected chi connectivity index (χ0v) is 9.30. The molecule has 5 nitrogen and oxygen atoms in total. The summed E-state index contributed by atoms with van der Waals surface area (Å²) < 4.78 is 21.7. The lowest BCUT2D eigenvalue weighted by atomic mass is 9.80.